The largest absolute Gasteiger partial charge is 0.368 e. The van der Waals surface area contributed by atoms with Crippen molar-refractivity contribution in [3.05, 3.63) is 29.8 Å². The van der Waals surface area contributed by atoms with Gasteiger partial charge in [-0.3, -0.25) is 0 Å². The lowest BCUT2D eigenvalue weighted by molar-refractivity contribution is 0.308. The van der Waals surface area contributed by atoms with Crippen LogP contribution in [0.3, 0.4) is 0 Å². The van der Waals surface area contributed by atoms with Crippen molar-refractivity contribution in [1.29, 1.82) is 0 Å². The average molecular weight is 272 g/mol. The minimum absolute atomic E-state index is 0.225. The molecular formula is C18H28N2. The number of fused-ring (bicyclic) bond motifs is 1. The Labute approximate surface area is 123 Å². The van der Waals surface area contributed by atoms with E-state index in [1.54, 1.807) is 0 Å². The minimum Gasteiger partial charge on any atom is -0.368 e. The second-order valence-corrected chi connectivity index (χ2v) is 6.58. The number of anilines is 1. The molecule has 1 saturated carbocycles. The fraction of sp³-hybridized carbons (Fsp3) is 0.667. The standard InChI is InChI=1S/C18H28N2/c1-2-14-9-11-15(12-10-14)20-13-5-7-17(19)16-6-3-4-8-18(16)20/h3-4,6,8,14-15,17H,2,5,7,9-13,19H2,1H3. The zero-order valence-corrected chi connectivity index (χ0v) is 12.7. The number of benzene rings is 1. The Morgan fingerprint density at radius 1 is 1.10 bits per heavy atom. The molecule has 1 atom stereocenters. The summed E-state index contributed by atoms with van der Waals surface area (Å²) in [7, 11) is 0. The molecule has 0 aromatic heterocycles. The average Bonchev–Trinajstić information content (AvgIpc) is 2.67. The molecule has 110 valence electrons. The number of para-hydroxylation sites is 1. The van der Waals surface area contributed by atoms with E-state index in [4.69, 9.17) is 5.73 Å². The van der Waals surface area contributed by atoms with Gasteiger partial charge in [-0.2, -0.15) is 0 Å². The first-order chi connectivity index (χ1) is 9.79. The van der Waals surface area contributed by atoms with Gasteiger partial charge >= 0.3 is 0 Å². The molecule has 2 heteroatoms. The summed E-state index contributed by atoms with van der Waals surface area (Å²) in [6, 6.07) is 9.78. The molecule has 1 aromatic rings. The molecule has 2 N–H and O–H groups in total. The van der Waals surface area contributed by atoms with Gasteiger partial charge in [0, 0.05) is 24.3 Å². The highest BCUT2D eigenvalue weighted by Crippen LogP contribution is 2.37. The zero-order chi connectivity index (χ0) is 13.9. The summed E-state index contributed by atoms with van der Waals surface area (Å²) in [5.41, 5.74) is 9.13. The summed E-state index contributed by atoms with van der Waals surface area (Å²) in [5.74, 6) is 0.968. The van der Waals surface area contributed by atoms with Gasteiger partial charge in [-0.15, -0.1) is 0 Å². The molecule has 0 spiro atoms. The van der Waals surface area contributed by atoms with E-state index < -0.39 is 0 Å². The van der Waals surface area contributed by atoms with Gasteiger partial charge < -0.3 is 10.6 Å². The molecular weight excluding hydrogens is 244 g/mol. The third kappa shape index (κ3) is 2.71. The van der Waals surface area contributed by atoms with Crippen LogP contribution in [-0.4, -0.2) is 12.6 Å². The molecule has 2 aliphatic rings. The minimum atomic E-state index is 0.225. The van der Waals surface area contributed by atoms with Gasteiger partial charge in [0.25, 0.3) is 0 Å². The van der Waals surface area contributed by atoms with Crippen molar-refractivity contribution < 1.29 is 0 Å². The van der Waals surface area contributed by atoms with E-state index in [1.165, 1.54) is 56.3 Å². The molecule has 0 radical (unpaired) electrons. The van der Waals surface area contributed by atoms with Crippen molar-refractivity contribution in [1.82, 2.24) is 0 Å². The van der Waals surface area contributed by atoms with Crippen LogP contribution in [0.1, 0.15) is 63.5 Å². The Morgan fingerprint density at radius 2 is 1.85 bits per heavy atom. The first kappa shape index (κ1) is 13.9. The predicted octanol–water partition coefficient (Wildman–Crippen LogP) is 4.26. The summed E-state index contributed by atoms with van der Waals surface area (Å²) in [5, 5.41) is 0. The van der Waals surface area contributed by atoms with E-state index in [0.29, 0.717) is 0 Å². The molecule has 1 heterocycles. The number of hydrogen-bond acceptors (Lipinski definition) is 2. The lowest BCUT2D eigenvalue weighted by Crippen LogP contribution is -2.38. The van der Waals surface area contributed by atoms with E-state index in [-0.39, 0.29) is 6.04 Å². The van der Waals surface area contributed by atoms with E-state index in [9.17, 15) is 0 Å². The normalized spacial score (nSPS) is 30.7. The third-order valence-electron chi connectivity index (χ3n) is 5.39. The number of nitrogens with zero attached hydrogens (tertiary/aromatic N) is 1. The summed E-state index contributed by atoms with van der Waals surface area (Å²) < 4.78 is 0. The summed E-state index contributed by atoms with van der Waals surface area (Å²) in [6.07, 6.45) is 9.25. The second kappa shape index (κ2) is 6.17. The van der Waals surface area contributed by atoms with Crippen LogP contribution in [0, 0.1) is 5.92 Å². The summed E-state index contributed by atoms with van der Waals surface area (Å²) >= 11 is 0. The lowest BCUT2D eigenvalue weighted by atomic mass is 9.83. The molecule has 3 rings (SSSR count). The van der Waals surface area contributed by atoms with Crippen LogP contribution in [0.5, 0.6) is 0 Å². The fourth-order valence-corrected chi connectivity index (χ4v) is 4.06. The van der Waals surface area contributed by atoms with Crippen molar-refractivity contribution in [2.75, 3.05) is 11.4 Å². The van der Waals surface area contributed by atoms with E-state index in [1.807, 2.05) is 0 Å². The number of hydrogen-bond donors (Lipinski definition) is 1. The zero-order valence-electron chi connectivity index (χ0n) is 12.7. The molecule has 1 fully saturated rings. The van der Waals surface area contributed by atoms with Gasteiger partial charge in [0.15, 0.2) is 0 Å². The molecule has 1 aromatic carbocycles. The monoisotopic (exact) mass is 272 g/mol. The number of rotatable bonds is 2. The van der Waals surface area contributed by atoms with E-state index in [0.717, 1.165) is 18.4 Å². The van der Waals surface area contributed by atoms with Crippen LogP contribution < -0.4 is 10.6 Å². The topological polar surface area (TPSA) is 29.3 Å². The highest BCUT2D eigenvalue weighted by atomic mass is 15.2. The van der Waals surface area contributed by atoms with Gasteiger partial charge in [-0.25, -0.2) is 0 Å². The Balaban J connectivity index is 1.81. The first-order valence-corrected chi connectivity index (χ1v) is 8.40. The van der Waals surface area contributed by atoms with Crippen molar-refractivity contribution >= 4 is 5.69 Å². The quantitative estimate of drug-likeness (QED) is 0.872. The van der Waals surface area contributed by atoms with Gasteiger partial charge in [0.05, 0.1) is 0 Å². The highest BCUT2D eigenvalue weighted by molar-refractivity contribution is 5.56. The van der Waals surface area contributed by atoms with Crippen LogP contribution >= 0.6 is 0 Å². The maximum atomic E-state index is 6.36. The Morgan fingerprint density at radius 3 is 2.60 bits per heavy atom. The van der Waals surface area contributed by atoms with Gasteiger partial charge in [0.2, 0.25) is 0 Å². The lowest BCUT2D eigenvalue weighted by Gasteiger charge is -2.38. The Hall–Kier alpha value is -1.02. The van der Waals surface area contributed by atoms with Gasteiger partial charge in [-0.1, -0.05) is 31.5 Å². The molecule has 1 unspecified atom stereocenters. The van der Waals surface area contributed by atoms with Crippen molar-refractivity contribution in [3.8, 4) is 0 Å². The summed E-state index contributed by atoms with van der Waals surface area (Å²) in [6.45, 7) is 3.53. The van der Waals surface area contributed by atoms with Crippen LogP contribution in [-0.2, 0) is 0 Å². The molecule has 1 aliphatic heterocycles. The Kier molecular flexibility index (Phi) is 4.30. The van der Waals surface area contributed by atoms with Crippen molar-refractivity contribution in [2.24, 2.45) is 11.7 Å². The SMILES string of the molecule is CCC1CCC(N2CCCC(N)c3ccccc32)CC1. The van der Waals surface area contributed by atoms with Crippen LogP contribution in [0.2, 0.25) is 0 Å². The van der Waals surface area contributed by atoms with Crippen molar-refractivity contribution in [3.63, 3.8) is 0 Å². The molecule has 2 nitrogen and oxygen atoms in total. The summed E-state index contributed by atoms with van der Waals surface area (Å²) in [4.78, 5) is 2.67. The van der Waals surface area contributed by atoms with Crippen LogP contribution in [0.15, 0.2) is 24.3 Å². The molecule has 0 amide bonds. The highest BCUT2D eigenvalue weighted by Gasteiger charge is 2.28. The maximum Gasteiger partial charge on any atom is 0.0417 e. The first-order valence-electron chi connectivity index (χ1n) is 8.40. The molecule has 0 saturated heterocycles. The maximum absolute atomic E-state index is 6.36. The van der Waals surface area contributed by atoms with Gasteiger partial charge in [-0.05, 0) is 56.1 Å². The smallest absolute Gasteiger partial charge is 0.0417 e. The van der Waals surface area contributed by atoms with E-state index >= 15 is 0 Å². The molecule has 1 aliphatic carbocycles. The second-order valence-electron chi connectivity index (χ2n) is 6.58. The third-order valence-corrected chi connectivity index (χ3v) is 5.39. The molecule has 20 heavy (non-hydrogen) atoms. The van der Waals surface area contributed by atoms with E-state index in [2.05, 4.69) is 36.1 Å². The number of nitrogens with two attached hydrogens (primary N) is 1. The van der Waals surface area contributed by atoms with Crippen molar-refractivity contribution in [2.45, 2.75) is 64.0 Å². The van der Waals surface area contributed by atoms with Gasteiger partial charge in [0.1, 0.15) is 0 Å². The van der Waals surface area contributed by atoms with Crippen LogP contribution in [0.25, 0.3) is 0 Å². The molecule has 0 bridgehead atoms. The predicted molar refractivity (Wildman–Crippen MR) is 86.0 cm³/mol. The Bertz CT molecular complexity index is 435. The fourth-order valence-electron chi connectivity index (χ4n) is 4.06. The van der Waals surface area contributed by atoms with Crippen LogP contribution in [0.4, 0.5) is 5.69 Å².